The Bertz CT molecular complexity index is 1190. The summed E-state index contributed by atoms with van der Waals surface area (Å²) in [7, 11) is 4.60. The van der Waals surface area contributed by atoms with Gasteiger partial charge in [0.1, 0.15) is 17.5 Å². The van der Waals surface area contributed by atoms with Crippen molar-refractivity contribution in [2.24, 2.45) is 0 Å². The second kappa shape index (κ2) is 11.4. The summed E-state index contributed by atoms with van der Waals surface area (Å²) in [4.78, 5) is 12.2. The number of hydrogen-bond acceptors (Lipinski definition) is 7. The molecule has 1 aromatic heterocycles. The van der Waals surface area contributed by atoms with Crippen molar-refractivity contribution in [3.8, 4) is 29.0 Å². The molecule has 0 unspecified atom stereocenters. The smallest absolute Gasteiger partial charge is 0.243 e. The van der Waals surface area contributed by atoms with Gasteiger partial charge in [0.2, 0.25) is 11.7 Å². The zero-order chi connectivity index (χ0) is 24.5. The molecule has 0 spiro atoms. The van der Waals surface area contributed by atoms with E-state index in [1.54, 1.807) is 22.9 Å². The first-order chi connectivity index (χ1) is 16.5. The molecular formula is C25H27N5O4. The summed E-state index contributed by atoms with van der Waals surface area (Å²) in [5.41, 5.74) is 8.60. The number of ether oxygens (including phenoxy) is 3. The van der Waals surface area contributed by atoms with Crippen LogP contribution in [0.1, 0.15) is 23.2 Å². The fraction of sp³-hybridized carbons (Fsp3) is 0.240. The maximum absolute atomic E-state index is 12.2. The van der Waals surface area contributed by atoms with Crippen molar-refractivity contribution in [3.05, 3.63) is 65.4 Å². The number of nitrogens with one attached hydrogen (secondary N) is 1. The van der Waals surface area contributed by atoms with Gasteiger partial charge in [-0.15, -0.1) is 0 Å². The lowest BCUT2D eigenvalue weighted by Crippen LogP contribution is -2.22. The number of nitrogen functional groups attached to an aromatic ring is 1. The average molecular weight is 462 g/mol. The number of rotatable bonds is 10. The normalized spacial score (nSPS) is 10.6. The van der Waals surface area contributed by atoms with E-state index in [4.69, 9.17) is 19.9 Å². The number of carbonyl (C=O) groups excluding carboxylic acids is 1. The molecular weight excluding hydrogens is 434 g/mol. The van der Waals surface area contributed by atoms with Crippen LogP contribution >= 0.6 is 0 Å². The van der Waals surface area contributed by atoms with E-state index in [9.17, 15) is 10.1 Å². The first-order valence-corrected chi connectivity index (χ1v) is 10.6. The first-order valence-electron chi connectivity index (χ1n) is 10.6. The van der Waals surface area contributed by atoms with Crippen molar-refractivity contribution in [1.82, 2.24) is 15.1 Å². The highest BCUT2D eigenvalue weighted by Crippen LogP contribution is 2.38. The Morgan fingerprint density at radius 2 is 1.82 bits per heavy atom. The molecule has 176 valence electrons. The van der Waals surface area contributed by atoms with Crippen LogP contribution in [-0.2, 0) is 11.2 Å². The third kappa shape index (κ3) is 5.48. The molecule has 0 aliphatic rings. The van der Waals surface area contributed by atoms with E-state index in [1.165, 1.54) is 27.4 Å². The molecule has 9 heteroatoms. The molecule has 0 bridgehead atoms. The summed E-state index contributed by atoms with van der Waals surface area (Å²) in [6, 6.07) is 15.0. The van der Waals surface area contributed by atoms with Crippen LogP contribution in [0.3, 0.4) is 0 Å². The number of amides is 1. The number of carbonyl (C=O) groups is 1. The Balaban J connectivity index is 1.58. The number of aromatic nitrogens is 2. The Morgan fingerprint density at radius 3 is 2.41 bits per heavy atom. The van der Waals surface area contributed by atoms with E-state index in [0.717, 1.165) is 11.3 Å². The van der Waals surface area contributed by atoms with Crippen molar-refractivity contribution >= 4 is 17.8 Å². The predicted molar refractivity (Wildman–Crippen MR) is 129 cm³/mol. The fourth-order valence-electron chi connectivity index (χ4n) is 3.44. The highest BCUT2D eigenvalue weighted by molar-refractivity contribution is 5.91. The monoisotopic (exact) mass is 461 g/mol. The van der Waals surface area contributed by atoms with Gasteiger partial charge in [0.25, 0.3) is 0 Å². The van der Waals surface area contributed by atoms with Gasteiger partial charge in [-0.1, -0.05) is 18.2 Å². The minimum Gasteiger partial charge on any atom is -0.493 e. The van der Waals surface area contributed by atoms with Crippen LogP contribution in [-0.4, -0.2) is 43.6 Å². The third-order valence-electron chi connectivity index (χ3n) is 5.11. The summed E-state index contributed by atoms with van der Waals surface area (Å²) >= 11 is 0. The Morgan fingerprint density at radius 1 is 1.15 bits per heavy atom. The largest absolute Gasteiger partial charge is 0.493 e. The van der Waals surface area contributed by atoms with Gasteiger partial charge in [0.15, 0.2) is 11.5 Å². The summed E-state index contributed by atoms with van der Waals surface area (Å²) in [5.74, 6) is 1.55. The maximum Gasteiger partial charge on any atom is 0.243 e. The van der Waals surface area contributed by atoms with E-state index in [1.807, 2.05) is 30.3 Å². The van der Waals surface area contributed by atoms with Crippen molar-refractivity contribution in [2.75, 3.05) is 33.6 Å². The van der Waals surface area contributed by atoms with Crippen molar-refractivity contribution in [3.63, 3.8) is 0 Å². The van der Waals surface area contributed by atoms with Crippen LogP contribution < -0.4 is 25.3 Å². The van der Waals surface area contributed by atoms with Gasteiger partial charge in [0.05, 0.1) is 32.7 Å². The van der Waals surface area contributed by atoms with E-state index >= 15 is 0 Å². The second-order valence-corrected chi connectivity index (χ2v) is 7.25. The van der Waals surface area contributed by atoms with Gasteiger partial charge in [-0.3, -0.25) is 4.79 Å². The molecule has 0 aliphatic heterocycles. The lowest BCUT2D eigenvalue weighted by atomic mass is 10.1. The quantitative estimate of drug-likeness (QED) is 0.351. The van der Waals surface area contributed by atoms with Crippen LogP contribution in [0.25, 0.3) is 11.8 Å². The molecule has 0 saturated heterocycles. The SMILES string of the molecule is COc1cc(/C=C/C(=O)NCCCc2nn(-c3ccccc3)c(N)c2C#N)cc(OC)c1OC. The number of benzene rings is 2. The molecule has 0 fully saturated rings. The molecule has 0 aliphatic carbocycles. The van der Waals surface area contributed by atoms with Crippen LogP contribution in [0.15, 0.2) is 48.5 Å². The van der Waals surface area contributed by atoms with Crippen LogP contribution in [0.2, 0.25) is 0 Å². The fourth-order valence-corrected chi connectivity index (χ4v) is 3.44. The number of para-hydroxylation sites is 1. The molecule has 3 N–H and O–H groups in total. The minimum absolute atomic E-state index is 0.247. The Kier molecular flexibility index (Phi) is 8.13. The molecule has 0 saturated carbocycles. The molecule has 3 aromatic rings. The third-order valence-corrected chi connectivity index (χ3v) is 5.11. The summed E-state index contributed by atoms with van der Waals surface area (Å²) in [6.07, 6.45) is 4.20. The molecule has 34 heavy (non-hydrogen) atoms. The zero-order valence-corrected chi connectivity index (χ0v) is 19.4. The molecule has 3 rings (SSSR count). The standard InChI is InChI=1S/C25H27N5O4/c1-32-21-14-17(15-22(33-2)24(21)34-3)11-12-23(31)28-13-7-10-20-19(16-26)25(27)30(29-20)18-8-5-4-6-9-18/h4-6,8-9,11-12,14-15H,7,10,13,27H2,1-3H3,(H,28,31)/b12-11+. The number of nitrogens with zero attached hydrogens (tertiary/aromatic N) is 3. The molecule has 9 nitrogen and oxygen atoms in total. The highest BCUT2D eigenvalue weighted by atomic mass is 16.5. The number of methoxy groups -OCH3 is 3. The molecule has 1 heterocycles. The van der Waals surface area contributed by atoms with Crippen LogP contribution in [0.4, 0.5) is 5.82 Å². The zero-order valence-electron chi connectivity index (χ0n) is 19.4. The average Bonchev–Trinajstić information content (AvgIpc) is 3.19. The predicted octanol–water partition coefficient (Wildman–Crippen LogP) is 3.11. The topological polar surface area (TPSA) is 124 Å². The lowest BCUT2D eigenvalue weighted by Gasteiger charge is -2.12. The van der Waals surface area contributed by atoms with Gasteiger partial charge in [-0.2, -0.15) is 10.4 Å². The number of hydrogen-bond donors (Lipinski definition) is 2. The Hall–Kier alpha value is -4.45. The second-order valence-electron chi connectivity index (χ2n) is 7.25. The molecule has 1 amide bonds. The molecule has 0 atom stereocenters. The lowest BCUT2D eigenvalue weighted by molar-refractivity contribution is -0.116. The first kappa shape index (κ1) is 24.2. The van der Waals surface area contributed by atoms with Crippen molar-refractivity contribution < 1.29 is 19.0 Å². The van der Waals surface area contributed by atoms with Gasteiger partial charge >= 0.3 is 0 Å². The highest BCUT2D eigenvalue weighted by Gasteiger charge is 2.16. The van der Waals surface area contributed by atoms with E-state index in [2.05, 4.69) is 16.5 Å². The number of nitriles is 1. The minimum atomic E-state index is -0.247. The maximum atomic E-state index is 12.2. The summed E-state index contributed by atoms with van der Waals surface area (Å²) in [5, 5.41) is 16.8. The van der Waals surface area contributed by atoms with Gasteiger partial charge in [-0.05, 0) is 48.7 Å². The van der Waals surface area contributed by atoms with Crippen molar-refractivity contribution in [1.29, 1.82) is 5.26 Å². The van der Waals surface area contributed by atoms with E-state index < -0.39 is 0 Å². The molecule has 2 aromatic carbocycles. The summed E-state index contributed by atoms with van der Waals surface area (Å²) in [6.45, 7) is 0.418. The van der Waals surface area contributed by atoms with Gasteiger partial charge < -0.3 is 25.3 Å². The van der Waals surface area contributed by atoms with Crippen molar-refractivity contribution in [2.45, 2.75) is 12.8 Å². The number of nitrogens with two attached hydrogens (primary N) is 1. The van der Waals surface area contributed by atoms with Gasteiger partial charge in [0, 0.05) is 12.6 Å². The number of anilines is 1. The van der Waals surface area contributed by atoms with E-state index in [-0.39, 0.29) is 5.91 Å². The number of aryl methyl sites for hydroxylation is 1. The van der Waals surface area contributed by atoms with Crippen LogP contribution in [0, 0.1) is 11.3 Å². The van der Waals surface area contributed by atoms with E-state index in [0.29, 0.717) is 53.7 Å². The Labute approximate surface area is 198 Å². The van der Waals surface area contributed by atoms with Gasteiger partial charge in [-0.25, -0.2) is 4.68 Å². The van der Waals surface area contributed by atoms with Crippen LogP contribution in [0.5, 0.6) is 17.2 Å². The summed E-state index contributed by atoms with van der Waals surface area (Å²) < 4.78 is 17.5. The molecule has 0 radical (unpaired) electrons.